The minimum atomic E-state index is -0.104. The summed E-state index contributed by atoms with van der Waals surface area (Å²) in [4.78, 5) is 13.9. The van der Waals surface area contributed by atoms with Gasteiger partial charge in [0.05, 0.1) is 12.1 Å². The highest BCUT2D eigenvalue weighted by atomic mass is 32.1. The van der Waals surface area contributed by atoms with E-state index in [1.54, 1.807) is 4.57 Å². The van der Waals surface area contributed by atoms with Gasteiger partial charge in [-0.05, 0) is 36.2 Å². The third kappa shape index (κ3) is 3.70. The van der Waals surface area contributed by atoms with Crippen LogP contribution in [0.25, 0.3) is 0 Å². The smallest absolute Gasteiger partial charge is 0.265 e. The Morgan fingerprint density at radius 2 is 1.64 bits per heavy atom. The molecule has 0 aliphatic carbocycles. The van der Waals surface area contributed by atoms with Crippen LogP contribution in [0.4, 0.5) is 0 Å². The molecule has 1 N–H and O–H groups in total. The van der Waals surface area contributed by atoms with E-state index >= 15 is 0 Å². The predicted octanol–water partition coefficient (Wildman–Crippen LogP) is 3.84. The van der Waals surface area contributed by atoms with Gasteiger partial charge in [0.1, 0.15) is 4.99 Å². The molecule has 1 aliphatic rings. The lowest BCUT2D eigenvalue weighted by molar-refractivity contribution is 0.627. The molecular formula is C22H21N3OS2. The van der Waals surface area contributed by atoms with E-state index in [1.807, 2.05) is 60.7 Å². The molecule has 1 aliphatic heterocycles. The molecule has 0 radical (unpaired) electrons. The summed E-state index contributed by atoms with van der Waals surface area (Å²) in [6, 6.07) is 20.0. The molecule has 2 heterocycles. The molecule has 0 bridgehead atoms. The van der Waals surface area contributed by atoms with Crippen LogP contribution in [-0.2, 0) is 26.1 Å². The van der Waals surface area contributed by atoms with Gasteiger partial charge in [-0.1, -0.05) is 72.9 Å². The highest BCUT2D eigenvalue weighted by molar-refractivity contribution is 7.80. The van der Waals surface area contributed by atoms with Gasteiger partial charge < -0.3 is 9.88 Å². The van der Waals surface area contributed by atoms with Crippen molar-refractivity contribution in [1.29, 1.82) is 0 Å². The molecule has 142 valence electrons. The van der Waals surface area contributed by atoms with Crippen LogP contribution >= 0.6 is 24.4 Å². The number of hydrogen-bond donors (Lipinski definition) is 1. The van der Waals surface area contributed by atoms with Crippen molar-refractivity contribution in [2.75, 3.05) is 0 Å². The van der Waals surface area contributed by atoms with Crippen LogP contribution < -0.4 is 10.9 Å². The van der Waals surface area contributed by atoms with Crippen molar-refractivity contribution in [3.8, 4) is 0 Å². The van der Waals surface area contributed by atoms with Crippen LogP contribution in [-0.4, -0.2) is 14.1 Å². The fourth-order valence-corrected chi connectivity index (χ4v) is 4.26. The third-order valence-electron chi connectivity index (χ3n) is 5.04. The number of nitrogens with one attached hydrogen (secondary N) is 1. The van der Waals surface area contributed by atoms with E-state index in [0.29, 0.717) is 28.4 Å². The lowest BCUT2D eigenvalue weighted by Crippen LogP contribution is -2.36. The van der Waals surface area contributed by atoms with E-state index in [-0.39, 0.29) is 5.56 Å². The zero-order valence-corrected chi connectivity index (χ0v) is 17.1. The molecule has 0 atom stereocenters. The Labute approximate surface area is 174 Å². The summed E-state index contributed by atoms with van der Waals surface area (Å²) in [5.41, 5.74) is 3.62. The Bertz CT molecular complexity index is 1120. The van der Waals surface area contributed by atoms with E-state index in [0.717, 1.165) is 36.2 Å². The summed E-state index contributed by atoms with van der Waals surface area (Å²) in [5.74, 6) is 0. The molecule has 2 aromatic carbocycles. The predicted molar refractivity (Wildman–Crippen MR) is 118 cm³/mol. The molecule has 0 fully saturated rings. The molecule has 0 amide bonds. The maximum atomic E-state index is 13.4. The van der Waals surface area contributed by atoms with E-state index in [4.69, 9.17) is 24.4 Å². The monoisotopic (exact) mass is 407 g/mol. The quantitative estimate of drug-likeness (QED) is 0.653. The number of aromatic nitrogens is 2. The molecule has 0 saturated carbocycles. The lowest BCUT2D eigenvalue weighted by atomic mass is 10.1. The number of hydrogen-bond acceptors (Lipinski definition) is 3. The maximum Gasteiger partial charge on any atom is 0.265 e. The summed E-state index contributed by atoms with van der Waals surface area (Å²) in [7, 11) is 0. The van der Waals surface area contributed by atoms with Crippen molar-refractivity contribution < 1.29 is 0 Å². The van der Waals surface area contributed by atoms with Crippen LogP contribution in [0.2, 0.25) is 0 Å². The fourth-order valence-electron chi connectivity index (χ4n) is 3.64. The minimum absolute atomic E-state index is 0.104. The molecule has 0 spiro atoms. The van der Waals surface area contributed by atoms with Crippen molar-refractivity contribution in [2.24, 2.45) is 0 Å². The van der Waals surface area contributed by atoms with Gasteiger partial charge in [-0.3, -0.25) is 9.36 Å². The van der Waals surface area contributed by atoms with Crippen LogP contribution in [0.15, 0.2) is 65.5 Å². The van der Waals surface area contributed by atoms with E-state index in [1.165, 1.54) is 0 Å². The second-order valence-electron chi connectivity index (χ2n) is 6.90. The highest BCUT2D eigenvalue weighted by Gasteiger charge is 2.23. The lowest BCUT2D eigenvalue weighted by Gasteiger charge is -2.17. The number of rotatable bonds is 5. The molecule has 0 unspecified atom stereocenters. The van der Waals surface area contributed by atoms with Gasteiger partial charge >= 0.3 is 0 Å². The summed E-state index contributed by atoms with van der Waals surface area (Å²) in [5, 5.41) is 3.27. The Morgan fingerprint density at radius 1 is 1.00 bits per heavy atom. The minimum Gasteiger partial charge on any atom is -0.371 e. The van der Waals surface area contributed by atoms with Crippen molar-refractivity contribution in [3.63, 3.8) is 0 Å². The van der Waals surface area contributed by atoms with Crippen LogP contribution in [0.1, 0.15) is 28.8 Å². The number of benzene rings is 2. The van der Waals surface area contributed by atoms with Gasteiger partial charge in [0.25, 0.3) is 5.56 Å². The number of fused-ring (bicyclic) bond motifs is 1. The molecule has 6 heteroatoms. The Morgan fingerprint density at radius 3 is 2.32 bits per heavy atom. The normalized spacial score (nSPS) is 12.6. The summed E-state index contributed by atoms with van der Waals surface area (Å²) in [6.45, 7) is 1.87. The van der Waals surface area contributed by atoms with Gasteiger partial charge in [0, 0.05) is 18.8 Å². The van der Waals surface area contributed by atoms with Gasteiger partial charge in [0.2, 0.25) is 0 Å². The van der Waals surface area contributed by atoms with Gasteiger partial charge in [-0.25, -0.2) is 0 Å². The first-order valence-electron chi connectivity index (χ1n) is 9.37. The van der Waals surface area contributed by atoms with E-state index < -0.39 is 0 Å². The van der Waals surface area contributed by atoms with Crippen LogP contribution in [0, 0.1) is 4.77 Å². The molecular weight excluding hydrogens is 386 g/mol. The summed E-state index contributed by atoms with van der Waals surface area (Å²) >= 11 is 11.3. The fraction of sp³-hybridized carbons (Fsp3) is 0.227. The third-order valence-corrected chi connectivity index (χ3v) is 5.83. The van der Waals surface area contributed by atoms with E-state index in [9.17, 15) is 4.79 Å². The Balaban J connectivity index is 1.71. The second kappa shape index (κ2) is 8.20. The van der Waals surface area contributed by atoms with Crippen LogP contribution in [0.3, 0.4) is 0 Å². The van der Waals surface area contributed by atoms with Crippen molar-refractivity contribution >= 4 is 29.4 Å². The highest BCUT2D eigenvalue weighted by Crippen LogP contribution is 2.18. The average molecular weight is 408 g/mol. The first-order chi connectivity index (χ1) is 13.6. The van der Waals surface area contributed by atoms with Gasteiger partial charge in [0.15, 0.2) is 4.77 Å². The van der Waals surface area contributed by atoms with E-state index in [2.05, 4.69) is 9.88 Å². The van der Waals surface area contributed by atoms with Crippen LogP contribution in [0.5, 0.6) is 0 Å². The second-order valence-corrected chi connectivity index (χ2v) is 7.68. The standard InChI is InChI=1S/C22H21N3OS2/c26-21-19(20(27)23-14-16-8-3-1-4-9-16)18-12-7-13-24(18)22(28)25(21)15-17-10-5-2-6-11-17/h1-6,8-11H,7,12-15H2,(H,23,27). The first-order valence-corrected chi connectivity index (χ1v) is 10.2. The zero-order valence-electron chi connectivity index (χ0n) is 15.4. The van der Waals surface area contributed by atoms with Crippen molar-refractivity contribution in [1.82, 2.24) is 14.5 Å². The Kier molecular flexibility index (Phi) is 5.50. The molecule has 0 saturated heterocycles. The number of nitrogens with zero attached hydrogens (tertiary/aromatic N) is 2. The molecule has 4 nitrogen and oxygen atoms in total. The molecule has 4 rings (SSSR count). The topological polar surface area (TPSA) is 39.0 Å². The average Bonchev–Trinajstić information content (AvgIpc) is 3.21. The van der Waals surface area contributed by atoms with Gasteiger partial charge in [-0.15, -0.1) is 0 Å². The molecule has 28 heavy (non-hydrogen) atoms. The van der Waals surface area contributed by atoms with Crippen molar-refractivity contribution in [3.05, 3.63) is 98.2 Å². The SMILES string of the molecule is O=c1c(C(=S)NCc2ccccc2)c2n(c(=S)n1Cc1ccccc1)CCC2. The van der Waals surface area contributed by atoms with Crippen molar-refractivity contribution in [2.45, 2.75) is 32.5 Å². The van der Waals surface area contributed by atoms with Gasteiger partial charge in [-0.2, -0.15) is 0 Å². The Hall–Kier alpha value is -2.57. The summed E-state index contributed by atoms with van der Waals surface area (Å²) in [6.07, 6.45) is 1.81. The largest absolute Gasteiger partial charge is 0.371 e. The summed E-state index contributed by atoms with van der Waals surface area (Å²) < 4.78 is 4.33. The molecule has 3 aromatic rings. The molecule has 1 aromatic heterocycles. The first kappa shape index (κ1) is 18.8. The maximum absolute atomic E-state index is 13.4. The number of thiocarbonyl (C=S) groups is 1. The zero-order chi connectivity index (χ0) is 19.5.